The van der Waals surface area contributed by atoms with Gasteiger partial charge in [0.05, 0.1) is 11.1 Å². The second-order valence-corrected chi connectivity index (χ2v) is 8.15. The highest BCUT2D eigenvalue weighted by Crippen LogP contribution is 2.46. The van der Waals surface area contributed by atoms with Crippen LogP contribution in [0.4, 0.5) is 13.2 Å². The number of halogens is 3. The van der Waals surface area contributed by atoms with E-state index < -0.39 is 23.0 Å². The third-order valence-electron chi connectivity index (χ3n) is 5.43. The molecular weight excluding hydrogens is 403 g/mol. The average Bonchev–Trinajstić information content (AvgIpc) is 3.03. The number of alkyl halides is 3. The Hall–Kier alpha value is -2.94. The Morgan fingerprint density at radius 3 is 2.59 bits per heavy atom. The molecule has 1 aromatic carbocycles. The molecule has 0 aliphatic heterocycles. The molecule has 2 N–H and O–H groups in total. The van der Waals surface area contributed by atoms with Crippen LogP contribution in [-0.4, -0.2) is 15.0 Å². The third kappa shape index (κ3) is 2.88. The van der Waals surface area contributed by atoms with E-state index in [0.717, 1.165) is 16.9 Å². The predicted octanol–water partition coefficient (Wildman–Crippen LogP) is 4.12. The van der Waals surface area contributed by atoms with Gasteiger partial charge >= 0.3 is 11.9 Å². The normalized spacial score (nSPS) is 17.0. The molecular formula is C20H14F3N3O2S. The first-order valence-corrected chi connectivity index (χ1v) is 9.87. The minimum absolute atomic E-state index is 0.0413. The van der Waals surface area contributed by atoms with Crippen LogP contribution in [0.5, 0.6) is 0 Å². The fraction of sp³-hybridized carbons (Fsp3) is 0.250. The number of rotatable bonds is 1. The molecule has 0 spiro atoms. The first-order chi connectivity index (χ1) is 13.8. The number of hydrogen-bond donors (Lipinski definition) is 2. The molecule has 9 heteroatoms. The summed E-state index contributed by atoms with van der Waals surface area (Å²) in [5, 5.41) is -0.187. The van der Waals surface area contributed by atoms with E-state index in [0.29, 0.717) is 18.5 Å². The number of fused-ring (bicyclic) bond motifs is 4. The van der Waals surface area contributed by atoms with Gasteiger partial charge < -0.3 is 4.98 Å². The van der Waals surface area contributed by atoms with Gasteiger partial charge in [0.15, 0.2) is 0 Å². The first-order valence-electron chi connectivity index (χ1n) is 9.05. The smallest absolute Gasteiger partial charge is 0.305 e. The summed E-state index contributed by atoms with van der Waals surface area (Å²) in [6.07, 6.45) is -3.30. The van der Waals surface area contributed by atoms with E-state index in [9.17, 15) is 22.8 Å². The van der Waals surface area contributed by atoms with E-state index in [-0.39, 0.29) is 38.3 Å². The Morgan fingerprint density at radius 1 is 1.10 bits per heavy atom. The zero-order valence-corrected chi connectivity index (χ0v) is 15.7. The van der Waals surface area contributed by atoms with E-state index in [4.69, 9.17) is 0 Å². The Morgan fingerprint density at radius 2 is 1.86 bits per heavy atom. The molecule has 3 heterocycles. The quantitative estimate of drug-likeness (QED) is 0.489. The Balaban J connectivity index is 1.83. The van der Waals surface area contributed by atoms with Crippen molar-refractivity contribution in [3.8, 4) is 0 Å². The van der Waals surface area contributed by atoms with Gasteiger partial charge in [0.2, 0.25) is 0 Å². The number of nitrogens with one attached hydrogen (secondary N) is 2. The minimum atomic E-state index is -4.64. The lowest BCUT2D eigenvalue weighted by Crippen LogP contribution is -2.22. The lowest BCUT2D eigenvalue weighted by Gasteiger charge is -2.27. The van der Waals surface area contributed by atoms with Gasteiger partial charge in [-0.05, 0) is 36.3 Å². The van der Waals surface area contributed by atoms with Crippen LogP contribution in [0.3, 0.4) is 0 Å². The lowest BCUT2D eigenvalue weighted by molar-refractivity contribution is -0.137. The summed E-state index contributed by atoms with van der Waals surface area (Å²) in [6.45, 7) is 0. The molecule has 0 unspecified atom stereocenters. The molecule has 0 bridgehead atoms. The SMILES string of the molecule is O=c1[nH]c(=O)c2sc3nc4c(c(C(F)(F)F)c3c2[nH]1)C[C@@H](c1ccccc1)CC4. The number of aryl methyl sites for hydroxylation is 1. The van der Waals surface area contributed by atoms with Crippen LogP contribution < -0.4 is 11.2 Å². The maximum atomic E-state index is 14.2. The van der Waals surface area contributed by atoms with Crippen molar-refractivity contribution in [2.24, 2.45) is 0 Å². The second-order valence-electron chi connectivity index (χ2n) is 7.15. The van der Waals surface area contributed by atoms with Crippen molar-refractivity contribution < 1.29 is 13.2 Å². The zero-order valence-electron chi connectivity index (χ0n) is 14.9. The summed E-state index contributed by atoms with van der Waals surface area (Å²) in [5.41, 5.74) is -0.858. The number of pyridine rings is 1. The number of hydrogen-bond acceptors (Lipinski definition) is 4. The average molecular weight is 417 g/mol. The number of benzene rings is 1. The largest absolute Gasteiger partial charge is 0.417 e. The summed E-state index contributed by atoms with van der Waals surface area (Å²) in [7, 11) is 0. The molecule has 5 nitrogen and oxygen atoms in total. The first kappa shape index (κ1) is 18.1. The van der Waals surface area contributed by atoms with Crippen molar-refractivity contribution in [2.75, 3.05) is 0 Å². The molecule has 29 heavy (non-hydrogen) atoms. The monoisotopic (exact) mass is 417 g/mol. The van der Waals surface area contributed by atoms with Gasteiger partial charge in [-0.1, -0.05) is 30.3 Å². The molecule has 1 atom stereocenters. The van der Waals surface area contributed by atoms with E-state index in [1.54, 1.807) is 0 Å². The van der Waals surface area contributed by atoms with Crippen LogP contribution in [0, 0.1) is 0 Å². The number of aromatic amines is 2. The number of nitrogens with zero attached hydrogens (tertiary/aromatic N) is 1. The van der Waals surface area contributed by atoms with Crippen LogP contribution in [0.1, 0.15) is 34.7 Å². The fourth-order valence-electron chi connectivity index (χ4n) is 4.21. The molecule has 1 aliphatic rings. The number of thiophene rings is 1. The number of aromatic nitrogens is 3. The van der Waals surface area contributed by atoms with Crippen molar-refractivity contribution in [3.05, 3.63) is 73.6 Å². The summed E-state index contributed by atoms with van der Waals surface area (Å²) in [6, 6.07) is 9.47. The Kier molecular flexibility index (Phi) is 3.92. The number of H-pyrrole nitrogens is 2. The third-order valence-corrected chi connectivity index (χ3v) is 6.52. The highest BCUT2D eigenvalue weighted by Gasteiger charge is 2.40. The van der Waals surface area contributed by atoms with Crippen molar-refractivity contribution >= 4 is 31.8 Å². The van der Waals surface area contributed by atoms with Crippen LogP contribution in [0.2, 0.25) is 0 Å². The molecule has 148 valence electrons. The van der Waals surface area contributed by atoms with Crippen LogP contribution in [0.25, 0.3) is 20.4 Å². The molecule has 1 aliphatic carbocycles. The van der Waals surface area contributed by atoms with Crippen molar-refractivity contribution in [2.45, 2.75) is 31.4 Å². The van der Waals surface area contributed by atoms with Crippen molar-refractivity contribution in [3.63, 3.8) is 0 Å². The molecule has 4 aromatic rings. The van der Waals surface area contributed by atoms with E-state index >= 15 is 0 Å². The van der Waals surface area contributed by atoms with Crippen LogP contribution >= 0.6 is 11.3 Å². The Labute approximate surface area is 165 Å². The summed E-state index contributed by atoms with van der Waals surface area (Å²) in [4.78, 5) is 32.9. The molecule has 0 radical (unpaired) electrons. The minimum Gasteiger partial charge on any atom is -0.305 e. The van der Waals surface area contributed by atoms with Gasteiger partial charge in [-0.15, -0.1) is 11.3 Å². The van der Waals surface area contributed by atoms with Gasteiger partial charge in [0, 0.05) is 11.1 Å². The van der Waals surface area contributed by atoms with E-state index in [1.807, 2.05) is 30.3 Å². The van der Waals surface area contributed by atoms with Crippen LogP contribution in [-0.2, 0) is 19.0 Å². The topological polar surface area (TPSA) is 78.6 Å². The van der Waals surface area contributed by atoms with Gasteiger partial charge in [-0.2, -0.15) is 13.2 Å². The Bertz CT molecular complexity index is 1370. The summed E-state index contributed by atoms with van der Waals surface area (Å²) < 4.78 is 42.8. The fourth-order valence-corrected chi connectivity index (χ4v) is 5.26. The maximum absolute atomic E-state index is 14.2. The van der Waals surface area contributed by atoms with E-state index in [1.165, 1.54) is 0 Å². The van der Waals surface area contributed by atoms with E-state index in [2.05, 4.69) is 15.0 Å². The van der Waals surface area contributed by atoms with Crippen LogP contribution in [0.15, 0.2) is 39.9 Å². The van der Waals surface area contributed by atoms with Crippen molar-refractivity contribution in [1.29, 1.82) is 0 Å². The van der Waals surface area contributed by atoms with Gasteiger partial charge in [0.25, 0.3) is 5.56 Å². The molecule has 0 saturated carbocycles. The van der Waals surface area contributed by atoms with Gasteiger partial charge in [-0.25, -0.2) is 9.78 Å². The van der Waals surface area contributed by atoms with Gasteiger partial charge in [0.1, 0.15) is 9.53 Å². The standard InChI is InChI=1S/C20H14F3N3O2S/c21-20(22,23)14-11-8-10(9-4-2-1-3-5-9)6-7-12(11)24-18-13(14)15-16(29-18)17(27)26-19(28)25-15/h1-5,10H,6-8H2,(H2,25,26,27,28)/t10-/m0/s1. The summed E-state index contributed by atoms with van der Waals surface area (Å²) in [5.74, 6) is -0.0450. The zero-order chi connectivity index (χ0) is 20.3. The molecule has 5 rings (SSSR count). The highest BCUT2D eigenvalue weighted by molar-refractivity contribution is 7.25. The summed E-state index contributed by atoms with van der Waals surface area (Å²) >= 11 is 0.872. The maximum Gasteiger partial charge on any atom is 0.417 e. The molecule has 3 aromatic heterocycles. The highest BCUT2D eigenvalue weighted by atomic mass is 32.1. The molecule has 0 saturated heterocycles. The molecule has 0 fully saturated rings. The van der Waals surface area contributed by atoms with Crippen molar-refractivity contribution in [1.82, 2.24) is 15.0 Å². The second kappa shape index (κ2) is 6.28. The molecule has 0 amide bonds. The predicted molar refractivity (Wildman–Crippen MR) is 105 cm³/mol. The van der Waals surface area contributed by atoms with Gasteiger partial charge in [-0.3, -0.25) is 9.78 Å². The lowest BCUT2D eigenvalue weighted by atomic mass is 9.80.